The molecule has 2 N–H and O–H groups in total. The Kier molecular flexibility index (Phi) is 4.41. The van der Waals surface area contributed by atoms with Crippen molar-refractivity contribution in [3.63, 3.8) is 0 Å². The van der Waals surface area contributed by atoms with Gasteiger partial charge in [-0.25, -0.2) is 0 Å². The molecule has 1 aliphatic carbocycles. The van der Waals surface area contributed by atoms with E-state index in [2.05, 4.69) is 26.9 Å². The van der Waals surface area contributed by atoms with Crippen LogP contribution in [0.5, 0.6) is 0 Å². The molecule has 172 valence electrons. The molecule has 1 aliphatic heterocycles. The lowest BCUT2D eigenvalue weighted by molar-refractivity contribution is -0.124. The highest BCUT2D eigenvalue weighted by Gasteiger charge is 2.26. The molecule has 34 heavy (non-hydrogen) atoms. The Morgan fingerprint density at radius 3 is 2.79 bits per heavy atom. The van der Waals surface area contributed by atoms with Crippen molar-refractivity contribution in [2.24, 2.45) is 7.05 Å². The number of imide groups is 1. The van der Waals surface area contributed by atoms with E-state index < -0.39 is 0 Å². The molecule has 6 rings (SSSR count). The van der Waals surface area contributed by atoms with Crippen LogP contribution < -0.4 is 15.5 Å². The van der Waals surface area contributed by atoms with Crippen molar-refractivity contribution in [1.82, 2.24) is 34.7 Å². The third kappa shape index (κ3) is 3.36. The van der Waals surface area contributed by atoms with Gasteiger partial charge >= 0.3 is 0 Å². The summed E-state index contributed by atoms with van der Waals surface area (Å²) in [4.78, 5) is 35.1. The fourth-order valence-corrected chi connectivity index (χ4v) is 4.09. The Hall–Kier alpha value is -4.28. The van der Waals surface area contributed by atoms with Gasteiger partial charge in [0.25, 0.3) is 5.91 Å². The summed E-state index contributed by atoms with van der Waals surface area (Å²) in [5.41, 5.74) is 4.48. The lowest BCUT2D eigenvalue weighted by Crippen LogP contribution is -2.19. The summed E-state index contributed by atoms with van der Waals surface area (Å²) in [5.74, 6) is 0.375. The number of anilines is 3. The first-order valence-corrected chi connectivity index (χ1v) is 11.1. The first-order valence-electron chi connectivity index (χ1n) is 11.1. The van der Waals surface area contributed by atoms with Crippen LogP contribution in [0, 0.1) is 6.92 Å². The van der Waals surface area contributed by atoms with Gasteiger partial charge in [0.1, 0.15) is 0 Å². The minimum Gasteiger partial charge on any atom is -0.351 e. The summed E-state index contributed by atoms with van der Waals surface area (Å²) in [7, 11) is 3.83. The lowest BCUT2D eigenvalue weighted by Gasteiger charge is -2.18. The van der Waals surface area contributed by atoms with Crippen LogP contribution in [-0.2, 0) is 16.6 Å². The number of carbonyl (C=O) groups is 2. The molecule has 2 aliphatic rings. The van der Waals surface area contributed by atoms with Crippen molar-refractivity contribution in [2.45, 2.75) is 32.2 Å². The number of hydrogen-bond donors (Lipinski definition) is 2. The fourth-order valence-electron chi connectivity index (χ4n) is 4.09. The molecule has 0 atom stereocenters. The Morgan fingerprint density at radius 1 is 1.24 bits per heavy atom. The van der Waals surface area contributed by atoms with E-state index >= 15 is 0 Å². The Morgan fingerprint density at radius 2 is 2.06 bits per heavy atom. The molecule has 4 heterocycles. The van der Waals surface area contributed by atoms with Gasteiger partial charge in [0, 0.05) is 48.0 Å². The predicted molar refractivity (Wildman–Crippen MR) is 127 cm³/mol. The van der Waals surface area contributed by atoms with Crippen LogP contribution in [0.1, 0.15) is 30.5 Å². The number of nitrogens with zero attached hydrogens (tertiary/aromatic N) is 7. The fraction of sp³-hybridized carbons (Fsp3) is 0.304. The third-order valence-electron chi connectivity index (χ3n) is 6.32. The van der Waals surface area contributed by atoms with E-state index in [1.54, 1.807) is 16.8 Å². The van der Waals surface area contributed by atoms with Crippen LogP contribution in [0.3, 0.4) is 0 Å². The van der Waals surface area contributed by atoms with Gasteiger partial charge in [-0.15, -0.1) is 0 Å². The molecule has 0 spiro atoms. The molecule has 11 heteroatoms. The SMILES string of the molecule is Cc1c2ccc(N(C)c3nc(NC4CC4)n4ncc(/C=C5\CC(=O)NC5=O)c4n3)cc2nn1C. The lowest BCUT2D eigenvalue weighted by atomic mass is 10.1. The largest absolute Gasteiger partial charge is 0.351 e. The van der Waals surface area contributed by atoms with E-state index in [1.807, 2.05) is 42.7 Å². The minimum absolute atomic E-state index is 0.0463. The monoisotopic (exact) mass is 457 g/mol. The van der Waals surface area contributed by atoms with Gasteiger partial charge in [-0.05, 0) is 44.0 Å². The second kappa shape index (κ2) is 7.37. The number of carbonyl (C=O) groups excluding carboxylic acids is 2. The van der Waals surface area contributed by atoms with Crippen LogP contribution >= 0.6 is 0 Å². The zero-order chi connectivity index (χ0) is 23.6. The Bertz CT molecular complexity index is 1530. The second-order valence-electron chi connectivity index (χ2n) is 8.79. The van der Waals surface area contributed by atoms with Gasteiger partial charge in [0.15, 0.2) is 5.65 Å². The summed E-state index contributed by atoms with van der Waals surface area (Å²) >= 11 is 0. The van der Waals surface area contributed by atoms with E-state index in [0.717, 1.165) is 35.1 Å². The molecule has 11 nitrogen and oxygen atoms in total. The number of hydrogen-bond acceptors (Lipinski definition) is 8. The third-order valence-corrected chi connectivity index (χ3v) is 6.32. The van der Waals surface area contributed by atoms with Crippen LogP contribution in [-0.4, -0.2) is 54.3 Å². The number of amides is 2. The second-order valence-corrected chi connectivity index (χ2v) is 8.79. The van der Waals surface area contributed by atoms with Gasteiger partial charge in [-0.3, -0.25) is 19.6 Å². The number of benzene rings is 1. The average Bonchev–Trinajstić information content (AvgIpc) is 3.35. The van der Waals surface area contributed by atoms with Crippen LogP contribution in [0.2, 0.25) is 0 Å². The molecule has 0 radical (unpaired) electrons. The summed E-state index contributed by atoms with van der Waals surface area (Å²) in [5, 5.41) is 15.9. The number of rotatable bonds is 5. The summed E-state index contributed by atoms with van der Waals surface area (Å²) < 4.78 is 3.51. The topological polar surface area (TPSA) is 122 Å². The highest BCUT2D eigenvalue weighted by molar-refractivity contribution is 6.15. The molecule has 1 aromatic carbocycles. The van der Waals surface area contributed by atoms with Gasteiger partial charge in [0.05, 0.1) is 18.1 Å². The molecule has 4 aromatic rings. The zero-order valence-corrected chi connectivity index (χ0v) is 19.0. The first-order chi connectivity index (χ1) is 16.4. The van der Waals surface area contributed by atoms with Crippen molar-refractivity contribution < 1.29 is 9.59 Å². The van der Waals surface area contributed by atoms with Gasteiger partial charge in [0.2, 0.25) is 17.8 Å². The van der Waals surface area contributed by atoms with Crippen molar-refractivity contribution in [3.8, 4) is 0 Å². The van der Waals surface area contributed by atoms with Crippen molar-refractivity contribution in [3.05, 3.63) is 41.2 Å². The number of nitrogens with one attached hydrogen (secondary N) is 2. The molecule has 2 fully saturated rings. The Labute approximate surface area is 194 Å². The number of fused-ring (bicyclic) bond motifs is 2. The molecule has 0 bridgehead atoms. The Balaban J connectivity index is 1.45. The maximum atomic E-state index is 12.1. The number of aromatic nitrogens is 6. The maximum Gasteiger partial charge on any atom is 0.254 e. The minimum atomic E-state index is -0.383. The van der Waals surface area contributed by atoms with Crippen molar-refractivity contribution in [1.29, 1.82) is 0 Å². The van der Waals surface area contributed by atoms with Crippen molar-refractivity contribution in [2.75, 3.05) is 17.3 Å². The maximum absolute atomic E-state index is 12.1. The highest BCUT2D eigenvalue weighted by Crippen LogP contribution is 2.30. The highest BCUT2D eigenvalue weighted by atomic mass is 16.2. The molecule has 2 amide bonds. The van der Waals surface area contributed by atoms with Gasteiger partial charge in [-0.1, -0.05) is 0 Å². The van der Waals surface area contributed by atoms with E-state index in [1.165, 1.54) is 0 Å². The molecule has 3 aromatic heterocycles. The predicted octanol–water partition coefficient (Wildman–Crippen LogP) is 2.09. The van der Waals surface area contributed by atoms with Crippen LogP contribution in [0.15, 0.2) is 30.0 Å². The summed E-state index contributed by atoms with van der Waals surface area (Å²) in [6, 6.07) is 6.44. The smallest absolute Gasteiger partial charge is 0.254 e. The van der Waals surface area contributed by atoms with Gasteiger partial charge < -0.3 is 10.2 Å². The quantitative estimate of drug-likeness (QED) is 0.345. The van der Waals surface area contributed by atoms with Crippen LogP contribution in [0.4, 0.5) is 17.6 Å². The first kappa shape index (κ1) is 20.3. The van der Waals surface area contributed by atoms with E-state index in [0.29, 0.717) is 34.7 Å². The summed E-state index contributed by atoms with van der Waals surface area (Å²) in [6.07, 6.45) is 5.50. The molecular formula is C23H23N9O2. The van der Waals surface area contributed by atoms with Gasteiger partial charge in [-0.2, -0.15) is 24.7 Å². The average molecular weight is 457 g/mol. The standard InChI is InChI=1S/C23H23N9O2/c1-12-17-7-6-16(10-18(17)29-31(12)3)30(2)22-27-20-14(8-13-9-19(33)26-21(13)34)11-24-32(20)23(28-22)25-15-4-5-15/h6-8,10-11,15H,4-5,9H2,1-3H3,(H,25,27,28)(H,26,33,34)/b13-8+. The molecule has 0 unspecified atom stereocenters. The normalized spacial score (nSPS) is 17.2. The molecule has 1 saturated carbocycles. The van der Waals surface area contributed by atoms with E-state index in [9.17, 15) is 9.59 Å². The van der Waals surface area contributed by atoms with E-state index in [4.69, 9.17) is 9.97 Å². The summed E-state index contributed by atoms with van der Waals surface area (Å²) in [6.45, 7) is 2.04. The zero-order valence-electron chi connectivity index (χ0n) is 19.0. The van der Waals surface area contributed by atoms with Crippen molar-refractivity contribution >= 4 is 52.0 Å². The number of aryl methyl sites for hydroxylation is 2. The van der Waals surface area contributed by atoms with Crippen LogP contribution in [0.25, 0.3) is 22.6 Å². The molecule has 1 saturated heterocycles. The van der Waals surface area contributed by atoms with E-state index in [-0.39, 0.29) is 18.2 Å². The molecular weight excluding hydrogens is 434 g/mol.